The molecule has 3 rings (SSSR count). The summed E-state index contributed by atoms with van der Waals surface area (Å²) in [5.41, 5.74) is 1.47. The Morgan fingerprint density at radius 2 is 2.22 bits per heavy atom. The molecule has 0 radical (unpaired) electrons. The van der Waals surface area contributed by atoms with Crippen LogP contribution in [0.15, 0.2) is 30.6 Å². The van der Waals surface area contributed by atoms with Crippen LogP contribution in [0.1, 0.15) is 16.9 Å². The van der Waals surface area contributed by atoms with Gasteiger partial charge < -0.3 is 14.6 Å². The van der Waals surface area contributed by atoms with Gasteiger partial charge in [-0.1, -0.05) is 0 Å². The number of rotatable bonds is 5. The van der Waals surface area contributed by atoms with Gasteiger partial charge in [-0.15, -0.1) is 11.3 Å². The maximum absolute atomic E-state index is 5.83. The number of hydrogen-bond donors (Lipinski definition) is 1. The standard InChI is InChI=1S/C14H18N2OS/c1-2-7-16(6-1)8-3-9-17-14-10-12-4-5-15-11-13(12)18-14/h1-2,6-7,10,15H,3-5,8-9,11H2. The summed E-state index contributed by atoms with van der Waals surface area (Å²) >= 11 is 1.79. The molecule has 0 bridgehead atoms. The molecule has 0 aliphatic carbocycles. The molecule has 96 valence electrons. The highest BCUT2D eigenvalue weighted by atomic mass is 32.1. The van der Waals surface area contributed by atoms with E-state index in [0.29, 0.717) is 0 Å². The minimum Gasteiger partial charge on any atom is -0.484 e. The van der Waals surface area contributed by atoms with E-state index in [9.17, 15) is 0 Å². The van der Waals surface area contributed by atoms with Crippen molar-refractivity contribution in [2.24, 2.45) is 0 Å². The second-order valence-electron chi connectivity index (χ2n) is 4.56. The quantitative estimate of drug-likeness (QED) is 0.838. The highest BCUT2D eigenvalue weighted by molar-refractivity contribution is 7.14. The van der Waals surface area contributed by atoms with Gasteiger partial charge in [0, 0.05) is 30.4 Å². The van der Waals surface area contributed by atoms with Crippen LogP contribution >= 0.6 is 11.3 Å². The van der Waals surface area contributed by atoms with Crippen LogP contribution in [0.4, 0.5) is 0 Å². The molecule has 18 heavy (non-hydrogen) atoms. The first-order valence-electron chi connectivity index (χ1n) is 6.48. The maximum atomic E-state index is 5.83. The Kier molecular flexibility index (Phi) is 3.67. The molecule has 0 amide bonds. The van der Waals surface area contributed by atoms with Gasteiger partial charge in [0.05, 0.1) is 6.61 Å². The van der Waals surface area contributed by atoms with Crippen molar-refractivity contribution in [1.82, 2.24) is 9.88 Å². The van der Waals surface area contributed by atoms with Crippen molar-refractivity contribution in [2.45, 2.75) is 25.9 Å². The topological polar surface area (TPSA) is 26.2 Å². The molecule has 0 saturated heterocycles. The summed E-state index contributed by atoms with van der Waals surface area (Å²) < 4.78 is 8.02. The molecule has 0 unspecified atom stereocenters. The number of hydrogen-bond acceptors (Lipinski definition) is 3. The Hall–Kier alpha value is -1.26. The van der Waals surface area contributed by atoms with E-state index in [1.807, 2.05) is 0 Å². The molecule has 0 saturated carbocycles. The lowest BCUT2D eigenvalue weighted by atomic mass is 10.1. The average Bonchev–Trinajstić information content (AvgIpc) is 3.03. The minimum absolute atomic E-state index is 0.797. The van der Waals surface area contributed by atoms with Crippen molar-refractivity contribution < 1.29 is 4.74 Å². The van der Waals surface area contributed by atoms with E-state index in [1.54, 1.807) is 11.3 Å². The van der Waals surface area contributed by atoms with Gasteiger partial charge in [0.2, 0.25) is 0 Å². The number of aryl methyl sites for hydroxylation is 1. The minimum atomic E-state index is 0.797. The summed E-state index contributed by atoms with van der Waals surface area (Å²) in [7, 11) is 0. The van der Waals surface area contributed by atoms with Crippen LogP contribution in [0.5, 0.6) is 5.06 Å². The molecule has 4 heteroatoms. The Morgan fingerprint density at radius 3 is 3.06 bits per heavy atom. The van der Waals surface area contributed by atoms with E-state index in [1.165, 1.54) is 10.4 Å². The second kappa shape index (κ2) is 5.59. The smallest absolute Gasteiger partial charge is 0.174 e. The van der Waals surface area contributed by atoms with E-state index >= 15 is 0 Å². The zero-order valence-corrected chi connectivity index (χ0v) is 11.2. The molecule has 2 aromatic heterocycles. The van der Waals surface area contributed by atoms with Gasteiger partial charge in [-0.25, -0.2) is 0 Å². The number of nitrogens with one attached hydrogen (secondary N) is 1. The van der Waals surface area contributed by atoms with Crippen LogP contribution in [0.25, 0.3) is 0 Å². The lowest BCUT2D eigenvalue weighted by molar-refractivity contribution is 0.310. The first-order chi connectivity index (χ1) is 8.92. The van der Waals surface area contributed by atoms with Crippen molar-refractivity contribution in [2.75, 3.05) is 13.2 Å². The molecule has 3 heterocycles. The first-order valence-corrected chi connectivity index (χ1v) is 7.29. The molecular formula is C14H18N2OS. The molecule has 0 atom stereocenters. The Bertz CT molecular complexity index is 466. The van der Waals surface area contributed by atoms with E-state index in [0.717, 1.165) is 44.1 Å². The van der Waals surface area contributed by atoms with Gasteiger partial charge in [-0.2, -0.15) is 0 Å². The van der Waals surface area contributed by atoms with Crippen LogP contribution in [-0.4, -0.2) is 17.7 Å². The molecule has 1 N–H and O–H groups in total. The number of thiophene rings is 1. The van der Waals surface area contributed by atoms with Gasteiger partial charge in [-0.05, 0) is 43.1 Å². The largest absolute Gasteiger partial charge is 0.484 e. The fourth-order valence-electron chi connectivity index (χ4n) is 2.24. The SMILES string of the molecule is c1ccn(CCCOc2cc3c(s2)CNCC3)c1. The van der Waals surface area contributed by atoms with Crippen molar-refractivity contribution in [3.8, 4) is 5.06 Å². The second-order valence-corrected chi connectivity index (χ2v) is 5.66. The van der Waals surface area contributed by atoms with Gasteiger partial charge >= 0.3 is 0 Å². The fourth-order valence-corrected chi connectivity index (χ4v) is 3.29. The predicted molar refractivity (Wildman–Crippen MR) is 74.3 cm³/mol. The molecule has 1 aliphatic rings. The molecular weight excluding hydrogens is 244 g/mol. The summed E-state index contributed by atoms with van der Waals surface area (Å²) in [5, 5.41) is 4.47. The monoisotopic (exact) mass is 262 g/mol. The van der Waals surface area contributed by atoms with Gasteiger partial charge in [0.15, 0.2) is 5.06 Å². The zero-order chi connectivity index (χ0) is 12.2. The van der Waals surface area contributed by atoms with E-state index in [-0.39, 0.29) is 0 Å². The highest BCUT2D eigenvalue weighted by Gasteiger charge is 2.13. The summed E-state index contributed by atoms with van der Waals surface area (Å²) in [6.07, 6.45) is 6.37. The van der Waals surface area contributed by atoms with Crippen LogP contribution in [0.2, 0.25) is 0 Å². The van der Waals surface area contributed by atoms with Crippen LogP contribution in [0, 0.1) is 0 Å². The normalized spacial score (nSPS) is 14.4. The predicted octanol–water partition coefficient (Wildman–Crippen LogP) is 2.66. The van der Waals surface area contributed by atoms with E-state index < -0.39 is 0 Å². The molecule has 0 fully saturated rings. The van der Waals surface area contributed by atoms with Gasteiger partial charge in [0.1, 0.15) is 0 Å². The van der Waals surface area contributed by atoms with Crippen molar-refractivity contribution in [3.63, 3.8) is 0 Å². The summed E-state index contributed by atoms with van der Waals surface area (Å²) in [5.74, 6) is 0. The van der Waals surface area contributed by atoms with Crippen molar-refractivity contribution in [1.29, 1.82) is 0 Å². The Balaban J connectivity index is 1.46. The van der Waals surface area contributed by atoms with Crippen LogP contribution < -0.4 is 10.1 Å². The molecule has 2 aromatic rings. The number of aromatic nitrogens is 1. The molecule has 0 spiro atoms. The summed E-state index contributed by atoms with van der Waals surface area (Å²) in [4.78, 5) is 1.45. The third-order valence-electron chi connectivity index (χ3n) is 3.20. The molecule has 1 aliphatic heterocycles. The highest BCUT2D eigenvalue weighted by Crippen LogP contribution is 2.31. The molecule has 3 nitrogen and oxygen atoms in total. The Labute approximate surface area is 111 Å². The number of fused-ring (bicyclic) bond motifs is 1. The van der Waals surface area contributed by atoms with Crippen molar-refractivity contribution in [3.05, 3.63) is 41.0 Å². The third kappa shape index (κ3) is 2.76. The first kappa shape index (κ1) is 11.8. The Morgan fingerprint density at radius 1 is 1.33 bits per heavy atom. The lowest BCUT2D eigenvalue weighted by Crippen LogP contribution is -2.21. The van der Waals surface area contributed by atoms with Gasteiger partial charge in [-0.3, -0.25) is 0 Å². The molecule has 0 aromatic carbocycles. The number of ether oxygens (including phenoxy) is 1. The van der Waals surface area contributed by atoms with Gasteiger partial charge in [0.25, 0.3) is 0 Å². The summed E-state index contributed by atoms with van der Waals surface area (Å²) in [6, 6.07) is 6.33. The zero-order valence-electron chi connectivity index (χ0n) is 10.4. The van der Waals surface area contributed by atoms with E-state index in [4.69, 9.17) is 4.74 Å². The third-order valence-corrected chi connectivity index (χ3v) is 4.29. The maximum Gasteiger partial charge on any atom is 0.174 e. The van der Waals surface area contributed by atoms with Crippen LogP contribution in [0.3, 0.4) is 0 Å². The van der Waals surface area contributed by atoms with Crippen molar-refractivity contribution >= 4 is 11.3 Å². The fraction of sp³-hybridized carbons (Fsp3) is 0.429. The van der Waals surface area contributed by atoms with Crippen LogP contribution in [-0.2, 0) is 19.5 Å². The van der Waals surface area contributed by atoms with E-state index in [2.05, 4.69) is 40.5 Å². The lowest BCUT2D eigenvalue weighted by Gasteiger charge is -2.10. The summed E-state index contributed by atoms with van der Waals surface area (Å²) in [6.45, 7) is 3.92. The number of nitrogens with zero attached hydrogens (tertiary/aromatic N) is 1. The average molecular weight is 262 g/mol.